The first-order chi connectivity index (χ1) is 15.3. The predicted molar refractivity (Wildman–Crippen MR) is 124 cm³/mol. The van der Waals surface area contributed by atoms with Crippen LogP contribution in [-0.4, -0.2) is 66.2 Å². The first-order valence-electron chi connectivity index (χ1n) is 10.0. The lowest BCUT2D eigenvalue weighted by Crippen LogP contribution is -2.39. The zero-order valence-electron chi connectivity index (χ0n) is 17.7. The van der Waals surface area contributed by atoms with E-state index in [1.807, 2.05) is 0 Å². The molecule has 0 radical (unpaired) electrons. The number of benzene rings is 2. The third-order valence-electron chi connectivity index (χ3n) is 5.53. The van der Waals surface area contributed by atoms with Gasteiger partial charge in [0.2, 0.25) is 5.91 Å². The molecular weight excluding hydrogens is 450 g/mol. The first-order valence-corrected chi connectivity index (χ1v) is 12.8. The Bertz CT molecular complexity index is 1340. The molecule has 32 heavy (non-hydrogen) atoms. The molecule has 168 valence electrons. The topological polar surface area (TPSA) is 98.6 Å². The zero-order chi connectivity index (χ0) is 22.9. The number of carbonyl (C=O) groups is 1. The number of hydrogen-bond donors (Lipinski definition) is 0. The van der Waals surface area contributed by atoms with Gasteiger partial charge in [-0.1, -0.05) is 30.0 Å². The smallest absolute Gasteiger partial charge is 0.266 e. The van der Waals surface area contributed by atoms with Gasteiger partial charge in [0.25, 0.3) is 5.56 Å². The van der Waals surface area contributed by atoms with Gasteiger partial charge in [0.15, 0.2) is 15.0 Å². The van der Waals surface area contributed by atoms with Crippen molar-refractivity contribution in [3.63, 3.8) is 0 Å². The number of rotatable bonds is 6. The van der Waals surface area contributed by atoms with Gasteiger partial charge in [0.05, 0.1) is 41.0 Å². The van der Waals surface area contributed by atoms with E-state index in [0.717, 1.165) is 11.8 Å². The van der Waals surface area contributed by atoms with E-state index in [-0.39, 0.29) is 34.8 Å². The second-order valence-electron chi connectivity index (χ2n) is 7.60. The van der Waals surface area contributed by atoms with E-state index < -0.39 is 9.84 Å². The third kappa shape index (κ3) is 4.51. The van der Waals surface area contributed by atoms with Crippen molar-refractivity contribution in [3.8, 4) is 11.4 Å². The molecule has 0 aliphatic carbocycles. The van der Waals surface area contributed by atoms with Crippen LogP contribution in [0.15, 0.2) is 58.5 Å². The summed E-state index contributed by atoms with van der Waals surface area (Å²) < 4.78 is 30.3. The number of ether oxygens (including phenoxy) is 1. The van der Waals surface area contributed by atoms with E-state index in [1.54, 1.807) is 62.7 Å². The summed E-state index contributed by atoms with van der Waals surface area (Å²) in [6, 6.07) is 13.8. The fourth-order valence-corrected chi connectivity index (χ4v) is 6.41. The Morgan fingerprint density at radius 3 is 2.75 bits per heavy atom. The van der Waals surface area contributed by atoms with Crippen molar-refractivity contribution in [2.75, 3.05) is 31.4 Å². The van der Waals surface area contributed by atoms with Crippen LogP contribution in [0.2, 0.25) is 0 Å². The van der Waals surface area contributed by atoms with Crippen molar-refractivity contribution in [1.82, 2.24) is 14.5 Å². The van der Waals surface area contributed by atoms with Crippen LogP contribution in [0.25, 0.3) is 16.6 Å². The van der Waals surface area contributed by atoms with Crippen molar-refractivity contribution in [3.05, 3.63) is 58.9 Å². The van der Waals surface area contributed by atoms with E-state index in [0.29, 0.717) is 33.9 Å². The summed E-state index contributed by atoms with van der Waals surface area (Å²) in [5.41, 5.74) is 0.883. The van der Waals surface area contributed by atoms with E-state index in [4.69, 9.17) is 4.74 Å². The van der Waals surface area contributed by atoms with Gasteiger partial charge in [-0.3, -0.25) is 14.2 Å². The Kier molecular flexibility index (Phi) is 6.25. The summed E-state index contributed by atoms with van der Waals surface area (Å²) in [6.07, 6.45) is 0.442. The Morgan fingerprint density at radius 1 is 1.25 bits per heavy atom. The minimum absolute atomic E-state index is 0.0113. The molecule has 4 rings (SSSR count). The summed E-state index contributed by atoms with van der Waals surface area (Å²) in [6.45, 7) is 0. The van der Waals surface area contributed by atoms with Gasteiger partial charge < -0.3 is 9.64 Å². The number of sulfone groups is 1. The highest BCUT2D eigenvalue weighted by Gasteiger charge is 2.32. The summed E-state index contributed by atoms with van der Waals surface area (Å²) in [5.74, 6) is 0.502. The van der Waals surface area contributed by atoms with Gasteiger partial charge in [-0.15, -0.1) is 0 Å². The first kappa shape index (κ1) is 22.3. The van der Waals surface area contributed by atoms with Crippen LogP contribution in [-0.2, 0) is 14.6 Å². The zero-order valence-corrected chi connectivity index (χ0v) is 19.4. The summed E-state index contributed by atoms with van der Waals surface area (Å²) in [4.78, 5) is 32.2. The number of thioether (sulfide) groups is 1. The van der Waals surface area contributed by atoms with Crippen LogP contribution in [0.5, 0.6) is 5.75 Å². The number of methoxy groups -OCH3 is 1. The van der Waals surface area contributed by atoms with Crippen LogP contribution in [0.1, 0.15) is 6.42 Å². The van der Waals surface area contributed by atoms with Crippen LogP contribution in [0.3, 0.4) is 0 Å². The Morgan fingerprint density at radius 2 is 2.03 bits per heavy atom. The van der Waals surface area contributed by atoms with E-state index >= 15 is 0 Å². The molecule has 2 heterocycles. The summed E-state index contributed by atoms with van der Waals surface area (Å²) in [7, 11) is 0.0811. The monoisotopic (exact) mass is 473 g/mol. The molecule has 0 unspecified atom stereocenters. The highest BCUT2D eigenvalue weighted by Crippen LogP contribution is 2.25. The van der Waals surface area contributed by atoms with Crippen molar-refractivity contribution in [2.45, 2.75) is 17.6 Å². The number of amides is 1. The maximum Gasteiger partial charge on any atom is 0.266 e. The van der Waals surface area contributed by atoms with Gasteiger partial charge in [0.1, 0.15) is 5.75 Å². The quantitative estimate of drug-likeness (QED) is 0.400. The predicted octanol–water partition coefficient (Wildman–Crippen LogP) is 2.13. The highest BCUT2D eigenvalue weighted by molar-refractivity contribution is 7.99. The molecule has 1 aromatic heterocycles. The number of para-hydroxylation sites is 1. The minimum Gasteiger partial charge on any atom is -0.497 e. The summed E-state index contributed by atoms with van der Waals surface area (Å²) in [5, 5.41) is 0.849. The molecule has 1 atom stereocenters. The number of hydrogen-bond acceptors (Lipinski definition) is 7. The average molecular weight is 474 g/mol. The number of aromatic nitrogens is 2. The molecule has 0 N–H and O–H groups in total. The molecule has 3 aromatic rings. The Balaban J connectivity index is 1.67. The SMILES string of the molecule is COc1cccc(-n2c(SCC(=O)N(C)[C@H]3CCS(=O)(=O)C3)nc3ccccc3c2=O)c1. The second kappa shape index (κ2) is 8.95. The molecule has 1 amide bonds. The van der Waals surface area contributed by atoms with Crippen molar-refractivity contribution < 1.29 is 17.9 Å². The van der Waals surface area contributed by atoms with Crippen LogP contribution in [0.4, 0.5) is 0 Å². The van der Waals surface area contributed by atoms with E-state index in [2.05, 4.69) is 4.98 Å². The molecule has 2 aromatic carbocycles. The second-order valence-corrected chi connectivity index (χ2v) is 10.8. The van der Waals surface area contributed by atoms with Gasteiger partial charge >= 0.3 is 0 Å². The third-order valence-corrected chi connectivity index (χ3v) is 8.20. The van der Waals surface area contributed by atoms with Gasteiger partial charge in [-0.2, -0.15) is 0 Å². The number of nitrogens with zero attached hydrogens (tertiary/aromatic N) is 3. The largest absolute Gasteiger partial charge is 0.497 e. The fourth-order valence-electron chi connectivity index (χ4n) is 3.70. The Labute approximate surface area is 190 Å². The minimum atomic E-state index is -3.09. The maximum atomic E-state index is 13.3. The molecule has 0 spiro atoms. The molecule has 8 nitrogen and oxygen atoms in total. The molecular formula is C22H23N3O5S2. The van der Waals surface area contributed by atoms with Crippen LogP contribution < -0.4 is 10.3 Å². The maximum absolute atomic E-state index is 13.3. The Hall–Kier alpha value is -2.85. The normalized spacial score (nSPS) is 17.4. The molecule has 0 saturated carbocycles. The molecule has 1 aliphatic rings. The van der Waals surface area contributed by atoms with Crippen LogP contribution in [0, 0.1) is 0 Å². The average Bonchev–Trinajstić information content (AvgIpc) is 3.16. The molecule has 10 heteroatoms. The molecule has 1 saturated heterocycles. The molecule has 1 aliphatic heterocycles. The lowest BCUT2D eigenvalue weighted by atomic mass is 10.2. The lowest BCUT2D eigenvalue weighted by molar-refractivity contribution is -0.128. The van der Waals surface area contributed by atoms with Crippen molar-refractivity contribution >= 4 is 38.4 Å². The standard InChI is InChI=1S/C22H23N3O5S2/c1-24(16-10-11-32(28,29)14-16)20(26)13-31-22-23-19-9-4-3-8-18(19)21(27)25(22)15-6-5-7-17(12-15)30-2/h3-9,12,16H,10-11,13-14H2,1-2H3/t16-/m0/s1. The molecule has 1 fully saturated rings. The van der Waals surface area contributed by atoms with Crippen LogP contribution >= 0.6 is 11.8 Å². The lowest BCUT2D eigenvalue weighted by Gasteiger charge is -2.23. The van der Waals surface area contributed by atoms with Crippen molar-refractivity contribution in [1.29, 1.82) is 0 Å². The van der Waals surface area contributed by atoms with Gasteiger partial charge in [-0.25, -0.2) is 13.4 Å². The van der Waals surface area contributed by atoms with Gasteiger partial charge in [-0.05, 0) is 30.7 Å². The van der Waals surface area contributed by atoms with E-state index in [9.17, 15) is 18.0 Å². The number of fused-ring (bicyclic) bond motifs is 1. The number of carbonyl (C=O) groups excluding carboxylic acids is 1. The molecule has 0 bridgehead atoms. The highest BCUT2D eigenvalue weighted by atomic mass is 32.2. The van der Waals surface area contributed by atoms with Gasteiger partial charge in [0, 0.05) is 19.2 Å². The van der Waals surface area contributed by atoms with E-state index in [1.165, 1.54) is 9.47 Å². The summed E-state index contributed by atoms with van der Waals surface area (Å²) >= 11 is 1.15. The fraction of sp³-hybridized carbons (Fsp3) is 0.318. The van der Waals surface area contributed by atoms with Crippen molar-refractivity contribution in [2.24, 2.45) is 0 Å².